The SMILES string of the molecule is Cc1cc(C)c2c(c1)OC1(CCCC1)CC2N. The van der Waals surface area contributed by atoms with E-state index in [-0.39, 0.29) is 11.6 Å². The van der Waals surface area contributed by atoms with Crippen molar-refractivity contribution in [2.75, 3.05) is 0 Å². The van der Waals surface area contributed by atoms with Gasteiger partial charge in [0.15, 0.2) is 0 Å². The third kappa shape index (κ3) is 1.75. The van der Waals surface area contributed by atoms with Crippen LogP contribution in [0.1, 0.15) is 54.8 Å². The molecule has 0 radical (unpaired) electrons. The van der Waals surface area contributed by atoms with Gasteiger partial charge >= 0.3 is 0 Å². The molecule has 0 aromatic heterocycles. The van der Waals surface area contributed by atoms with Crippen molar-refractivity contribution >= 4 is 0 Å². The zero-order chi connectivity index (χ0) is 12.0. The number of ether oxygens (including phenoxy) is 1. The summed E-state index contributed by atoms with van der Waals surface area (Å²) < 4.78 is 6.33. The maximum absolute atomic E-state index is 6.37. The highest BCUT2D eigenvalue weighted by Crippen LogP contribution is 2.47. The van der Waals surface area contributed by atoms with Gasteiger partial charge in [-0.2, -0.15) is 0 Å². The van der Waals surface area contributed by atoms with Crippen LogP contribution in [0.25, 0.3) is 0 Å². The normalized spacial score (nSPS) is 25.7. The van der Waals surface area contributed by atoms with Crippen LogP contribution < -0.4 is 10.5 Å². The Morgan fingerprint density at radius 3 is 2.65 bits per heavy atom. The van der Waals surface area contributed by atoms with E-state index in [1.54, 1.807) is 0 Å². The van der Waals surface area contributed by atoms with Gasteiger partial charge in [-0.15, -0.1) is 0 Å². The second-order valence-corrected chi connectivity index (χ2v) is 5.80. The smallest absolute Gasteiger partial charge is 0.125 e. The summed E-state index contributed by atoms with van der Waals surface area (Å²) in [6.07, 6.45) is 5.91. The quantitative estimate of drug-likeness (QED) is 0.742. The highest BCUT2D eigenvalue weighted by Gasteiger charge is 2.42. The Balaban J connectivity index is 2.05. The van der Waals surface area contributed by atoms with Crippen LogP contribution in [0.3, 0.4) is 0 Å². The van der Waals surface area contributed by atoms with Gasteiger partial charge in [-0.1, -0.05) is 6.07 Å². The van der Waals surface area contributed by atoms with E-state index in [0.717, 1.165) is 12.2 Å². The maximum Gasteiger partial charge on any atom is 0.125 e. The number of hydrogen-bond acceptors (Lipinski definition) is 2. The lowest BCUT2D eigenvalue weighted by molar-refractivity contribution is 0.0423. The Kier molecular flexibility index (Phi) is 2.44. The molecule has 1 aliphatic heterocycles. The topological polar surface area (TPSA) is 35.2 Å². The first-order valence-electron chi connectivity index (χ1n) is 6.65. The van der Waals surface area contributed by atoms with Crippen molar-refractivity contribution in [1.29, 1.82) is 0 Å². The Morgan fingerprint density at radius 1 is 1.24 bits per heavy atom. The first-order valence-corrected chi connectivity index (χ1v) is 6.65. The van der Waals surface area contributed by atoms with E-state index in [4.69, 9.17) is 10.5 Å². The predicted octanol–water partition coefficient (Wildman–Crippen LogP) is 3.40. The van der Waals surface area contributed by atoms with Crippen LogP contribution in [0, 0.1) is 13.8 Å². The molecule has 1 spiro atoms. The van der Waals surface area contributed by atoms with E-state index >= 15 is 0 Å². The van der Waals surface area contributed by atoms with Crippen LogP contribution in [0.2, 0.25) is 0 Å². The molecule has 2 nitrogen and oxygen atoms in total. The Morgan fingerprint density at radius 2 is 1.94 bits per heavy atom. The van der Waals surface area contributed by atoms with Gasteiger partial charge in [0, 0.05) is 18.0 Å². The second-order valence-electron chi connectivity index (χ2n) is 5.80. The van der Waals surface area contributed by atoms with Crippen molar-refractivity contribution in [2.45, 2.75) is 57.6 Å². The van der Waals surface area contributed by atoms with Gasteiger partial charge in [0.25, 0.3) is 0 Å². The first-order chi connectivity index (χ1) is 8.10. The lowest BCUT2D eigenvalue weighted by Gasteiger charge is -2.39. The number of fused-ring (bicyclic) bond motifs is 1. The van der Waals surface area contributed by atoms with Crippen LogP contribution in [-0.4, -0.2) is 5.60 Å². The highest BCUT2D eigenvalue weighted by molar-refractivity contribution is 5.47. The third-order valence-corrected chi connectivity index (χ3v) is 4.30. The zero-order valence-electron chi connectivity index (χ0n) is 10.8. The minimum atomic E-state index is 0.0483. The van der Waals surface area contributed by atoms with Crippen molar-refractivity contribution in [3.05, 3.63) is 28.8 Å². The van der Waals surface area contributed by atoms with Crippen molar-refractivity contribution in [2.24, 2.45) is 5.73 Å². The van der Waals surface area contributed by atoms with E-state index < -0.39 is 0 Å². The fourth-order valence-electron chi connectivity index (χ4n) is 3.60. The summed E-state index contributed by atoms with van der Waals surface area (Å²) in [5, 5.41) is 0. The average molecular weight is 231 g/mol. The van der Waals surface area contributed by atoms with Gasteiger partial charge in [-0.05, 0) is 56.7 Å². The Labute approximate surface area is 103 Å². The standard InChI is InChI=1S/C15H21NO/c1-10-7-11(2)14-12(16)9-15(5-3-4-6-15)17-13(14)8-10/h7-8,12H,3-6,9,16H2,1-2H3. The van der Waals surface area contributed by atoms with Crippen LogP contribution in [-0.2, 0) is 0 Å². The number of rotatable bonds is 0. The second kappa shape index (κ2) is 3.74. The van der Waals surface area contributed by atoms with E-state index in [1.165, 1.54) is 42.4 Å². The van der Waals surface area contributed by atoms with Crippen molar-refractivity contribution in [3.8, 4) is 5.75 Å². The Hall–Kier alpha value is -1.02. The van der Waals surface area contributed by atoms with E-state index in [0.29, 0.717) is 0 Å². The zero-order valence-corrected chi connectivity index (χ0v) is 10.8. The summed E-state index contributed by atoms with van der Waals surface area (Å²) >= 11 is 0. The summed E-state index contributed by atoms with van der Waals surface area (Å²) in [4.78, 5) is 0. The van der Waals surface area contributed by atoms with Gasteiger partial charge < -0.3 is 10.5 Å². The molecule has 1 fully saturated rings. The third-order valence-electron chi connectivity index (χ3n) is 4.30. The molecule has 1 unspecified atom stereocenters. The highest BCUT2D eigenvalue weighted by atomic mass is 16.5. The molecule has 0 saturated heterocycles. The fraction of sp³-hybridized carbons (Fsp3) is 0.600. The van der Waals surface area contributed by atoms with Gasteiger partial charge in [-0.3, -0.25) is 0 Å². The van der Waals surface area contributed by atoms with Gasteiger partial charge in [0.05, 0.1) is 0 Å². The predicted molar refractivity (Wildman–Crippen MR) is 69.3 cm³/mol. The molecular weight excluding hydrogens is 210 g/mol. The van der Waals surface area contributed by atoms with Crippen molar-refractivity contribution in [3.63, 3.8) is 0 Å². The molecule has 92 valence electrons. The van der Waals surface area contributed by atoms with Crippen LogP contribution in [0.4, 0.5) is 0 Å². The molecule has 3 rings (SSSR count). The molecule has 0 amide bonds. The molecule has 2 heteroatoms. The summed E-state index contributed by atoms with van der Waals surface area (Å²) in [7, 11) is 0. The molecule has 2 N–H and O–H groups in total. The van der Waals surface area contributed by atoms with Gasteiger partial charge in [0.1, 0.15) is 11.4 Å². The summed E-state index contributed by atoms with van der Waals surface area (Å²) in [6, 6.07) is 4.51. The molecule has 1 saturated carbocycles. The minimum absolute atomic E-state index is 0.0483. The average Bonchev–Trinajstić information content (AvgIpc) is 2.63. The first kappa shape index (κ1) is 11.1. The summed E-state index contributed by atoms with van der Waals surface area (Å²) in [5.74, 6) is 1.04. The van der Waals surface area contributed by atoms with Crippen LogP contribution in [0.15, 0.2) is 12.1 Å². The molecule has 1 aromatic carbocycles. The minimum Gasteiger partial charge on any atom is -0.487 e. The van der Waals surface area contributed by atoms with Crippen LogP contribution >= 0.6 is 0 Å². The van der Waals surface area contributed by atoms with Crippen molar-refractivity contribution in [1.82, 2.24) is 0 Å². The molecule has 0 bridgehead atoms. The maximum atomic E-state index is 6.37. The van der Waals surface area contributed by atoms with E-state index in [1.807, 2.05) is 0 Å². The van der Waals surface area contributed by atoms with Crippen LogP contribution in [0.5, 0.6) is 5.75 Å². The van der Waals surface area contributed by atoms with Gasteiger partial charge in [-0.25, -0.2) is 0 Å². The molecule has 1 heterocycles. The molecular formula is C15H21NO. The van der Waals surface area contributed by atoms with Gasteiger partial charge in [0.2, 0.25) is 0 Å². The fourth-order valence-corrected chi connectivity index (χ4v) is 3.60. The molecule has 1 atom stereocenters. The number of hydrogen-bond donors (Lipinski definition) is 1. The van der Waals surface area contributed by atoms with Crippen molar-refractivity contribution < 1.29 is 4.74 Å². The monoisotopic (exact) mass is 231 g/mol. The molecule has 2 aliphatic rings. The lowest BCUT2D eigenvalue weighted by Crippen LogP contribution is -2.40. The summed E-state index contributed by atoms with van der Waals surface area (Å²) in [5.41, 5.74) is 10.2. The molecule has 1 aromatic rings. The number of aryl methyl sites for hydroxylation is 2. The van der Waals surface area contributed by atoms with E-state index in [9.17, 15) is 0 Å². The Bertz CT molecular complexity index is 446. The lowest BCUT2D eigenvalue weighted by atomic mass is 9.84. The molecule has 1 aliphatic carbocycles. The largest absolute Gasteiger partial charge is 0.487 e. The number of nitrogens with two attached hydrogens (primary N) is 1. The van der Waals surface area contributed by atoms with E-state index in [2.05, 4.69) is 26.0 Å². The molecule has 17 heavy (non-hydrogen) atoms. The number of benzene rings is 1. The summed E-state index contributed by atoms with van der Waals surface area (Å²) in [6.45, 7) is 4.26.